The Morgan fingerprint density at radius 1 is 1.19 bits per heavy atom. The van der Waals surface area contributed by atoms with Gasteiger partial charge in [0.2, 0.25) is 11.8 Å². The predicted octanol–water partition coefficient (Wildman–Crippen LogP) is 2.08. The summed E-state index contributed by atoms with van der Waals surface area (Å²) in [5.41, 5.74) is -0.554. The molecule has 2 amide bonds. The molecule has 0 radical (unpaired) electrons. The maximum Gasteiger partial charge on any atom is 0.249 e. The maximum atomic E-state index is 13.0. The minimum absolute atomic E-state index is 0.0552. The van der Waals surface area contributed by atoms with Crippen LogP contribution in [0.2, 0.25) is 0 Å². The minimum Gasteiger partial charge on any atom is -0.340 e. The van der Waals surface area contributed by atoms with Crippen LogP contribution in [0.1, 0.15) is 58.3 Å². The van der Waals surface area contributed by atoms with E-state index in [2.05, 4.69) is 5.32 Å². The molecule has 4 fully saturated rings. The van der Waals surface area contributed by atoms with Gasteiger partial charge in [-0.25, -0.2) is 0 Å². The van der Waals surface area contributed by atoms with Crippen molar-refractivity contribution >= 4 is 11.8 Å². The Balaban J connectivity index is 1.54. The van der Waals surface area contributed by atoms with Gasteiger partial charge < -0.3 is 10.2 Å². The van der Waals surface area contributed by atoms with Gasteiger partial charge in [0.15, 0.2) is 0 Å². The van der Waals surface area contributed by atoms with E-state index in [1.807, 2.05) is 11.8 Å². The topological polar surface area (TPSA) is 49.4 Å². The second-order valence-corrected chi connectivity index (χ2v) is 7.85. The quantitative estimate of drug-likeness (QED) is 0.846. The number of hydrogen-bond donors (Lipinski definition) is 1. The van der Waals surface area contributed by atoms with Crippen LogP contribution in [0, 0.1) is 17.8 Å². The molecule has 4 unspecified atom stereocenters. The van der Waals surface area contributed by atoms with Gasteiger partial charge >= 0.3 is 0 Å². The number of carbonyl (C=O) groups is 2. The molecule has 3 saturated carbocycles. The van der Waals surface area contributed by atoms with E-state index in [0.29, 0.717) is 5.92 Å². The summed E-state index contributed by atoms with van der Waals surface area (Å²) in [6.45, 7) is 2.71. The molecule has 1 heterocycles. The Labute approximate surface area is 126 Å². The third kappa shape index (κ3) is 2.01. The first-order chi connectivity index (χ1) is 10.1. The molecule has 4 aliphatic rings. The SMILES string of the molecule is CC1C(=O)NC2(CCCC2)C(=O)N1CC1CC2CCC1C2. The van der Waals surface area contributed by atoms with Gasteiger partial charge in [-0.2, -0.15) is 0 Å². The lowest BCUT2D eigenvalue weighted by molar-refractivity contribution is -0.155. The smallest absolute Gasteiger partial charge is 0.249 e. The molecular formula is C17H26N2O2. The number of hydrogen-bond acceptors (Lipinski definition) is 2. The van der Waals surface area contributed by atoms with E-state index in [0.717, 1.165) is 44.1 Å². The average molecular weight is 290 g/mol. The van der Waals surface area contributed by atoms with E-state index in [1.54, 1.807) is 0 Å². The van der Waals surface area contributed by atoms with Gasteiger partial charge in [0.05, 0.1) is 0 Å². The molecule has 116 valence electrons. The Hall–Kier alpha value is -1.06. The second kappa shape index (κ2) is 4.72. The standard InChI is InChI=1S/C17H26N2O2/c1-11-15(20)18-17(6-2-3-7-17)16(21)19(11)10-14-9-12-4-5-13(14)8-12/h11-14H,2-10H2,1H3,(H,18,20). The Bertz CT molecular complexity index is 469. The number of amides is 2. The lowest BCUT2D eigenvalue weighted by Crippen LogP contribution is -2.69. The largest absolute Gasteiger partial charge is 0.340 e. The van der Waals surface area contributed by atoms with E-state index in [9.17, 15) is 9.59 Å². The van der Waals surface area contributed by atoms with E-state index in [4.69, 9.17) is 0 Å². The van der Waals surface area contributed by atoms with Gasteiger partial charge in [0, 0.05) is 6.54 Å². The lowest BCUT2D eigenvalue weighted by atomic mass is 9.85. The normalized spacial score (nSPS) is 41.1. The summed E-state index contributed by atoms with van der Waals surface area (Å²) >= 11 is 0. The molecule has 1 N–H and O–H groups in total. The van der Waals surface area contributed by atoms with Crippen molar-refractivity contribution in [1.29, 1.82) is 0 Å². The summed E-state index contributed by atoms with van der Waals surface area (Å²) in [5, 5.41) is 3.05. The first-order valence-electron chi connectivity index (χ1n) is 8.72. The molecule has 3 aliphatic carbocycles. The number of rotatable bonds is 2. The molecule has 4 heteroatoms. The van der Waals surface area contributed by atoms with Crippen molar-refractivity contribution in [2.45, 2.75) is 69.9 Å². The van der Waals surface area contributed by atoms with Crippen molar-refractivity contribution < 1.29 is 9.59 Å². The summed E-state index contributed by atoms with van der Waals surface area (Å²) in [7, 11) is 0. The van der Waals surface area contributed by atoms with E-state index >= 15 is 0 Å². The molecule has 4 atom stereocenters. The summed E-state index contributed by atoms with van der Waals surface area (Å²) in [6, 6.07) is -0.289. The highest BCUT2D eigenvalue weighted by molar-refractivity contribution is 5.99. The van der Waals surface area contributed by atoms with Crippen LogP contribution in [0.3, 0.4) is 0 Å². The number of piperazine rings is 1. The molecule has 21 heavy (non-hydrogen) atoms. The molecule has 2 bridgehead atoms. The lowest BCUT2D eigenvalue weighted by Gasteiger charge is -2.45. The third-order valence-electron chi connectivity index (χ3n) is 6.65. The minimum atomic E-state index is -0.554. The average Bonchev–Trinajstić information content (AvgIpc) is 3.18. The molecule has 4 rings (SSSR count). The molecule has 0 aromatic rings. The van der Waals surface area contributed by atoms with Crippen molar-refractivity contribution in [3.8, 4) is 0 Å². The van der Waals surface area contributed by atoms with Gasteiger partial charge in [-0.3, -0.25) is 9.59 Å². The van der Waals surface area contributed by atoms with Gasteiger partial charge in [0.25, 0.3) is 0 Å². The van der Waals surface area contributed by atoms with Crippen LogP contribution >= 0.6 is 0 Å². The van der Waals surface area contributed by atoms with Crippen LogP contribution in [-0.4, -0.2) is 34.8 Å². The van der Waals surface area contributed by atoms with E-state index in [1.165, 1.54) is 25.7 Å². The summed E-state index contributed by atoms with van der Waals surface area (Å²) < 4.78 is 0. The fourth-order valence-electron chi connectivity index (χ4n) is 5.40. The molecule has 0 aromatic heterocycles. The number of nitrogens with zero attached hydrogens (tertiary/aromatic N) is 1. The van der Waals surface area contributed by atoms with Gasteiger partial charge in [-0.1, -0.05) is 19.3 Å². The molecule has 1 saturated heterocycles. The predicted molar refractivity (Wildman–Crippen MR) is 79.5 cm³/mol. The van der Waals surface area contributed by atoms with Crippen LogP contribution in [0.15, 0.2) is 0 Å². The zero-order valence-corrected chi connectivity index (χ0v) is 12.9. The van der Waals surface area contributed by atoms with Gasteiger partial charge in [-0.05, 0) is 56.8 Å². The zero-order valence-electron chi connectivity index (χ0n) is 12.9. The maximum absolute atomic E-state index is 13.0. The number of nitrogens with one attached hydrogen (secondary N) is 1. The zero-order chi connectivity index (χ0) is 14.6. The Morgan fingerprint density at radius 3 is 2.57 bits per heavy atom. The number of fused-ring (bicyclic) bond motifs is 2. The van der Waals surface area contributed by atoms with Gasteiger partial charge in [-0.15, -0.1) is 0 Å². The van der Waals surface area contributed by atoms with Crippen LogP contribution in [0.25, 0.3) is 0 Å². The molecule has 1 spiro atoms. The first kappa shape index (κ1) is 13.6. The second-order valence-electron chi connectivity index (χ2n) is 7.85. The highest BCUT2D eigenvalue weighted by Gasteiger charge is 2.52. The third-order valence-corrected chi connectivity index (χ3v) is 6.65. The monoisotopic (exact) mass is 290 g/mol. The molecule has 0 aromatic carbocycles. The van der Waals surface area contributed by atoms with E-state index < -0.39 is 5.54 Å². The summed E-state index contributed by atoms with van der Waals surface area (Å²) in [5.74, 6) is 2.60. The van der Waals surface area contributed by atoms with Crippen molar-refractivity contribution in [3.63, 3.8) is 0 Å². The highest BCUT2D eigenvalue weighted by Crippen LogP contribution is 2.49. The van der Waals surface area contributed by atoms with E-state index in [-0.39, 0.29) is 17.9 Å². The summed E-state index contributed by atoms with van der Waals surface area (Å²) in [4.78, 5) is 27.3. The molecular weight excluding hydrogens is 264 g/mol. The van der Waals surface area contributed by atoms with Crippen molar-refractivity contribution in [2.24, 2.45) is 17.8 Å². The molecule has 4 nitrogen and oxygen atoms in total. The Kier molecular flexibility index (Phi) is 3.05. The number of carbonyl (C=O) groups excluding carboxylic acids is 2. The first-order valence-corrected chi connectivity index (χ1v) is 8.72. The van der Waals surface area contributed by atoms with Crippen molar-refractivity contribution in [2.75, 3.05) is 6.54 Å². The fourth-order valence-corrected chi connectivity index (χ4v) is 5.40. The van der Waals surface area contributed by atoms with Crippen LogP contribution in [0.5, 0.6) is 0 Å². The molecule has 1 aliphatic heterocycles. The van der Waals surface area contributed by atoms with Crippen LogP contribution in [0.4, 0.5) is 0 Å². The van der Waals surface area contributed by atoms with Crippen LogP contribution < -0.4 is 5.32 Å². The highest BCUT2D eigenvalue weighted by atomic mass is 16.2. The van der Waals surface area contributed by atoms with Crippen molar-refractivity contribution in [3.05, 3.63) is 0 Å². The Morgan fingerprint density at radius 2 is 1.95 bits per heavy atom. The van der Waals surface area contributed by atoms with Crippen molar-refractivity contribution in [1.82, 2.24) is 10.2 Å². The fraction of sp³-hybridized carbons (Fsp3) is 0.882. The van der Waals surface area contributed by atoms with Gasteiger partial charge in [0.1, 0.15) is 11.6 Å². The van der Waals surface area contributed by atoms with Crippen LogP contribution in [-0.2, 0) is 9.59 Å². The summed E-state index contributed by atoms with van der Waals surface area (Å²) in [6.07, 6.45) is 9.13.